The molecule has 0 bridgehead atoms. The molecular weight excluding hydrogens is 460 g/mol. The van der Waals surface area contributed by atoms with Crippen molar-refractivity contribution in [2.24, 2.45) is 11.8 Å². The van der Waals surface area contributed by atoms with Crippen LogP contribution in [-0.4, -0.2) is 80.9 Å². The van der Waals surface area contributed by atoms with Gasteiger partial charge >= 0.3 is 0 Å². The molecule has 3 aliphatic rings. The molecular formula is C23H34N4O6S. The summed E-state index contributed by atoms with van der Waals surface area (Å²) < 4.78 is 32.4. The number of anilines is 1. The van der Waals surface area contributed by atoms with Crippen LogP contribution in [0.3, 0.4) is 0 Å². The van der Waals surface area contributed by atoms with E-state index in [-0.39, 0.29) is 35.5 Å². The Kier molecular flexibility index (Phi) is 7.73. The van der Waals surface area contributed by atoms with Gasteiger partial charge in [0, 0.05) is 51.3 Å². The predicted molar refractivity (Wildman–Crippen MR) is 127 cm³/mol. The normalized spacial score (nSPS) is 20.3. The van der Waals surface area contributed by atoms with E-state index in [9.17, 15) is 23.3 Å². The van der Waals surface area contributed by atoms with Crippen LogP contribution < -0.4 is 4.90 Å². The van der Waals surface area contributed by atoms with Crippen LogP contribution in [0, 0.1) is 22.0 Å². The van der Waals surface area contributed by atoms with E-state index in [1.165, 1.54) is 29.3 Å². The van der Waals surface area contributed by atoms with Crippen molar-refractivity contribution in [1.29, 1.82) is 0 Å². The molecule has 0 N–H and O–H groups in total. The van der Waals surface area contributed by atoms with E-state index in [4.69, 9.17) is 4.74 Å². The Hall–Kier alpha value is -2.24. The molecule has 2 aliphatic heterocycles. The minimum absolute atomic E-state index is 0.0680. The number of morpholine rings is 1. The van der Waals surface area contributed by atoms with Gasteiger partial charge in [-0.1, -0.05) is 6.92 Å². The highest BCUT2D eigenvalue weighted by Crippen LogP contribution is 2.35. The number of piperidine rings is 1. The number of nitro benzene ring substituents is 1. The number of carbonyl (C=O) groups is 1. The summed E-state index contributed by atoms with van der Waals surface area (Å²) in [5.74, 6) is 0.780. The van der Waals surface area contributed by atoms with Crippen LogP contribution in [0.25, 0.3) is 0 Å². The second-order valence-electron chi connectivity index (χ2n) is 9.41. The number of rotatable bonds is 9. The summed E-state index contributed by atoms with van der Waals surface area (Å²) in [5, 5.41) is 11.9. The van der Waals surface area contributed by atoms with Gasteiger partial charge in [-0.05, 0) is 50.2 Å². The summed E-state index contributed by atoms with van der Waals surface area (Å²) in [6.45, 7) is 5.83. The number of benzene rings is 1. The SMILES string of the molecule is CCCN(CC1CC1)C(=O)C1CCN(c2ccc(S(=O)(=O)N3CCOCC3)cc2[N+](=O)[O-])CC1. The smallest absolute Gasteiger partial charge is 0.293 e. The first-order valence-corrected chi connectivity index (χ1v) is 13.6. The molecule has 2 heterocycles. The van der Waals surface area contributed by atoms with E-state index < -0.39 is 14.9 Å². The zero-order valence-electron chi connectivity index (χ0n) is 19.7. The van der Waals surface area contributed by atoms with Crippen molar-refractivity contribution in [2.75, 3.05) is 57.4 Å². The highest BCUT2D eigenvalue weighted by molar-refractivity contribution is 7.89. The molecule has 1 saturated carbocycles. The van der Waals surface area contributed by atoms with Crippen molar-refractivity contribution in [3.63, 3.8) is 0 Å². The maximum Gasteiger partial charge on any atom is 0.293 e. The number of hydrogen-bond donors (Lipinski definition) is 0. The molecule has 10 nitrogen and oxygen atoms in total. The van der Waals surface area contributed by atoms with Crippen molar-refractivity contribution in [1.82, 2.24) is 9.21 Å². The molecule has 1 aliphatic carbocycles. The Bertz CT molecular complexity index is 999. The maximum absolute atomic E-state index is 13.1. The number of amides is 1. The molecule has 0 atom stereocenters. The number of nitro groups is 1. The van der Waals surface area contributed by atoms with Gasteiger partial charge in [-0.2, -0.15) is 4.31 Å². The summed E-state index contributed by atoms with van der Waals surface area (Å²) in [6, 6.07) is 4.14. The van der Waals surface area contributed by atoms with Gasteiger partial charge in [0.1, 0.15) is 5.69 Å². The van der Waals surface area contributed by atoms with Gasteiger partial charge in [-0.25, -0.2) is 8.42 Å². The third kappa shape index (κ3) is 5.52. The van der Waals surface area contributed by atoms with Crippen molar-refractivity contribution in [2.45, 2.75) is 43.9 Å². The van der Waals surface area contributed by atoms with Crippen LogP contribution in [0.5, 0.6) is 0 Å². The third-order valence-electron chi connectivity index (χ3n) is 6.92. The Morgan fingerprint density at radius 3 is 2.41 bits per heavy atom. The van der Waals surface area contributed by atoms with E-state index in [2.05, 4.69) is 6.92 Å². The van der Waals surface area contributed by atoms with Crippen LogP contribution in [0.1, 0.15) is 39.0 Å². The molecule has 1 aromatic rings. The van der Waals surface area contributed by atoms with Crippen molar-refractivity contribution in [3.8, 4) is 0 Å². The van der Waals surface area contributed by atoms with Crippen LogP contribution >= 0.6 is 0 Å². The number of nitrogens with zero attached hydrogens (tertiary/aromatic N) is 4. The summed E-state index contributed by atoms with van der Waals surface area (Å²) in [4.78, 5) is 28.2. The number of hydrogen-bond acceptors (Lipinski definition) is 7. The largest absolute Gasteiger partial charge is 0.379 e. The predicted octanol–water partition coefficient (Wildman–Crippen LogP) is 2.48. The summed E-state index contributed by atoms with van der Waals surface area (Å²) in [5.41, 5.74) is 0.181. The average molecular weight is 495 g/mol. The number of carbonyl (C=O) groups excluding carboxylic acids is 1. The molecule has 4 rings (SSSR count). The van der Waals surface area contributed by atoms with Gasteiger partial charge in [0.25, 0.3) is 5.69 Å². The Labute approximate surface area is 201 Å². The molecule has 0 unspecified atom stereocenters. The molecule has 2 saturated heterocycles. The number of ether oxygens (including phenoxy) is 1. The van der Waals surface area contributed by atoms with Gasteiger partial charge in [0.05, 0.1) is 23.0 Å². The molecule has 1 aromatic carbocycles. The fraction of sp³-hybridized carbons (Fsp3) is 0.696. The highest BCUT2D eigenvalue weighted by atomic mass is 32.2. The zero-order valence-corrected chi connectivity index (χ0v) is 20.5. The van der Waals surface area contributed by atoms with Gasteiger partial charge < -0.3 is 14.5 Å². The Morgan fingerprint density at radius 2 is 1.82 bits per heavy atom. The lowest BCUT2D eigenvalue weighted by Gasteiger charge is -2.35. The number of sulfonamides is 1. The second kappa shape index (κ2) is 10.6. The fourth-order valence-corrected chi connectivity index (χ4v) is 6.24. The van der Waals surface area contributed by atoms with Gasteiger partial charge in [0.2, 0.25) is 15.9 Å². The Morgan fingerprint density at radius 1 is 1.15 bits per heavy atom. The van der Waals surface area contributed by atoms with Gasteiger partial charge in [-0.15, -0.1) is 0 Å². The second-order valence-corrected chi connectivity index (χ2v) is 11.4. The minimum atomic E-state index is -3.83. The zero-order chi connectivity index (χ0) is 24.3. The standard InChI is InChI=1S/C23H34N4O6S/c1-2-9-25(17-18-3-4-18)23(28)19-7-10-24(11-8-19)21-6-5-20(16-22(21)27(29)30)34(31,32)26-12-14-33-15-13-26/h5-6,16,18-19H,2-4,7-15,17H2,1H3. The lowest BCUT2D eigenvalue weighted by molar-refractivity contribution is -0.384. The van der Waals surface area contributed by atoms with Crippen LogP contribution in [0.15, 0.2) is 23.1 Å². The molecule has 188 valence electrons. The molecule has 0 aromatic heterocycles. The first kappa shape index (κ1) is 24.9. The highest BCUT2D eigenvalue weighted by Gasteiger charge is 2.34. The van der Waals surface area contributed by atoms with E-state index in [0.29, 0.717) is 50.8 Å². The lowest BCUT2D eigenvalue weighted by atomic mass is 9.94. The van der Waals surface area contributed by atoms with Gasteiger partial charge in [-0.3, -0.25) is 14.9 Å². The van der Waals surface area contributed by atoms with E-state index in [1.807, 2.05) is 9.80 Å². The summed E-state index contributed by atoms with van der Waals surface area (Å²) in [7, 11) is -3.83. The minimum Gasteiger partial charge on any atom is -0.379 e. The molecule has 0 spiro atoms. The van der Waals surface area contributed by atoms with Crippen LogP contribution in [0.2, 0.25) is 0 Å². The first-order chi connectivity index (χ1) is 16.3. The fourth-order valence-electron chi connectivity index (χ4n) is 4.81. The maximum atomic E-state index is 13.1. The molecule has 3 fully saturated rings. The molecule has 0 radical (unpaired) electrons. The topological polar surface area (TPSA) is 113 Å². The van der Waals surface area contributed by atoms with Crippen molar-refractivity contribution < 1.29 is 22.9 Å². The molecule has 1 amide bonds. The average Bonchev–Trinajstić information content (AvgIpc) is 3.68. The van der Waals surface area contributed by atoms with Gasteiger partial charge in [0.15, 0.2) is 0 Å². The first-order valence-electron chi connectivity index (χ1n) is 12.2. The van der Waals surface area contributed by atoms with Crippen LogP contribution in [-0.2, 0) is 19.6 Å². The molecule has 11 heteroatoms. The van der Waals surface area contributed by atoms with Crippen molar-refractivity contribution in [3.05, 3.63) is 28.3 Å². The van der Waals surface area contributed by atoms with E-state index in [0.717, 1.165) is 25.6 Å². The van der Waals surface area contributed by atoms with Crippen LogP contribution in [0.4, 0.5) is 11.4 Å². The Balaban J connectivity index is 1.46. The van der Waals surface area contributed by atoms with Crippen molar-refractivity contribution >= 4 is 27.3 Å². The lowest BCUT2D eigenvalue weighted by Crippen LogP contribution is -2.43. The quantitative estimate of drug-likeness (QED) is 0.383. The summed E-state index contributed by atoms with van der Waals surface area (Å²) >= 11 is 0. The monoisotopic (exact) mass is 494 g/mol. The van der Waals surface area contributed by atoms with E-state index in [1.54, 1.807) is 0 Å². The third-order valence-corrected chi connectivity index (χ3v) is 8.81. The van der Waals surface area contributed by atoms with E-state index >= 15 is 0 Å². The molecule has 34 heavy (non-hydrogen) atoms. The summed E-state index contributed by atoms with van der Waals surface area (Å²) in [6.07, 6.45) is 4.60.